The molecule has 7 heteroatoms. The molecule has 1 fully saturated rings. The summed E-state index contributed by atoms with van der Waals surface area (Å²) in [7, 11) is 0. The summed E-state index contributed by atoms with van der Waals surface area (Å²) in [4.78, 5) is 9.00. The van der Waals surface area contributed by atoms with Gasteiger partial charge in [0.25, 0.3) is 0 Å². The van der Waals surface area contributed by atoms with E-state index in [-0.39, 0.29) is 25.1 Å². The zero-order valence-corrected chi connectivity index (χ0v) is 15.0. The number of aliphatic hydroxyl groups excluding tert-OH is 1. The summed E-state index contributed by atoms with van der Waals surface area (Å²) >= 11 is 0. The van der Waals surface area contributed by atoms with Gasteiger partial charge in [-0.25, -0.2) is 13.8 Å². The van der Waals surface area contributed by atoms with Crippen LogP contribution in [0.1, 0.15) is 43.9 Å². The van der Waals surface area contributed by atoms with Crippen LogP contribution in [0.4, 0.5) is 20.5 Å². The van der Waals surface area contributed by atoms with E-state index in [0.717, 1.165) is 24.6 Å². The van der Waals surface area contributed by atoms with Crippen LogP contribution >= 0.6 is 0 Å². The van der Waals surface area contributed by atoms with Crippen LogP contribution in [0.15, 0.2) is 24.3 Å². The Balaban J connectivity index is 1.77. The molecule has 1 aliphatic carbocycles. The van der Waals surface area contributed by atoms with Gasteiger partial charge in [-0.15, -0.1) is 0 Å². The summed E-state index contributed by atoms with van der Waals surface area (Å²) in [5, 5.41) is 15.8. The highest BCUT2D eigenvalue weighted by Gasteiger charge is 2.26. The first kappa shape index (κ1) is 18.5. The quantitative estimate of drug-likeness (QED) is 0.668. The third kappa shape index (κ3) is 4.88. The number of benzene rings is 1. The van der Waals surface area contributed by atoms with Crippen molar-refractivity contribution in [2.45, 2.75) is 45.2 Å². The number of hydrogen-bond acceptors (Lipinski definition) is 5. The third-order valence-corrected chi connectivity index (χ3v) is 4.45. The summed E-state index contributed by atoms with van der Waals surface area (Å²) in [5.74, 6) is 0.489. The largest absolute Gasteiger partial charge is 0.394 e. The maximum atomic E-state index is 13.3. The highest BCUT2D eigenvalue weighted by Crippen LogP contribution is 2.40. The van der Waals surface area contributed by atoms with Crippen LogP contribution in [0, 0.1) is 17.6 Å². The molecule has 1 saturated carbocycles. The highest BCUT2D eigenvalue weighted by atomic mass is 19.1. The number of aromatic nitrogens is 2. The Morgan fingerprint density at radius 3 is 2.38 bits per heavy atom. The van der Waals surface area contributed by atoms with E-state index in [1.807, 2.05) is 19.9 Å². The van der Waals surface area contributed by atoms with Crippen molar-refractivity contribution >= 4 is 11.8 Å². The lowest BCUT2D eigenvalue weighted by molar-refractivity contribution is 0.248. The molecule has 0 unspecified atom stereocenters. The highest BCUT2D eigenvalue weighted by molar-refractivity contribution is 5.45. The van der Waals surface area contributed by atoms with Gasteiger partial charge in [0.05, 0.1) is 18.3 Å². The van der Waals surface area contributed by atoms with Crippen molar-refractivity contribution in [1.82, 2.24) is 9.97 Å². The van der Waals surface area contributed by atoms with Crippen molar-refractivity contribution in [2.24, 2.45) is 5.92 Å². The first-order valence-electron chi connectivity index (χ1n) is 8.90. The van der Waals surface area contributed by atoms with E-state index in [4.69, 9.17) is 0 Å². The predicted molar refractivity (Wildman–Crippen MR) is 97.0 cm³/mol. The second-order valence-corrected chi connectivity index (χ2v) is 7.08. The lowest BCUT2D eigenvalue weighted by Crippen LogP contribution is -2.30. The Morgan fingerprint density at radius 1 is 1.12 bits per heavy atom. The van der Waals surface area contributed by atoms with Gasteiger partial charge in [0.1, 0.15) is 17.5 Å². The SMILES string of the molecule is CC(C)[C@@H](CO)Nc1nc(NCc2cc(F)cc(F)c2)cc(C2CC2)n1. The monoisotopic (exact) mass is 362 g/mol. The van der Waals surface area contributed by atoms with Gasteiger partial charge >= 0.3 is 0 Å². The molecule has 2 aromatic rings. The van der Waals surface area contributed by atoms with E-state index in [1.54, 1.807) is 0 Å². The van der Waals surface area contributed by atoms with Crippen LogP contribution in [-0.2, 0) is 6.54 Å². The molecule has 0 amide bonds. The van der Waals surface area contributed by atoms with Gasteiger partial charge in [-0.2, -0.15) is 4.98 Å². The van der Waals surface area contributed by atoms with Crippen molar-refractivity contribution < 1.29 is 13.9 Å². The maximum Gasteiger partial charge on any atom is 0.225 e. The Hall–Kier alpha value is -2.28. The number of anilines is 2. The average Bonchev–Trinajstić information content (AvgIpc) is 3.41. The third-order valence-electron chi connectivity index (χ3n) is 4.45. The van der Waals surface area contributed by atoms with Crippen LogP contribution in [0.25, 0.3) is 0 Å². The van der Waals surface area contributed by atoms with Crippen LogP contribution in [-0.4, -0.2) is 27.7 Å². The second-order valence-electron chi connectivity index (χ2n) is 7.08. The van der Waals surface area contributed by atoms with Gasteiger partial charge in [0, 0.05) is 24.6 Å². The van der Waals surface area contributed by atoms with E-state index in [0.29, 0.717) is 23.2 Å². The molecular weight excluding hydrogens is 338 g/mol. The minimum absolute atomic E-state index is 0.0139. The fourth-order valence-corrected chi connectivity index (χ4v) is 2.70. The molecule has 3 rings (SSSR count). The molecule has 1 aromatic carbocycles. The van der Waals surface area contributed by atoms with E-state index in [2.05, 4.69) is 20.6 Å². The fraction of sp³-hybridized carbons (Fsp3) is 0.474. The van der Waals surface area contributed by atoms with E-state index in [9.17, 15) is 13.9 Å². The topological polar surface area (TPSA) is 70.1 Å². The van der Waals surface area contributed by atoms with Crippen molar-refractivity contribution in [2.75, 3.05) is 17.2 Å². The Kier molecular flexibility index (Phi) is 5.66. The molecule has 1 heterocycles. The zero-order chi connectivity index (χ0) is 18.7. The normalized spacial score (nSPS) is 15.2. The molecular formula is C19H24F2N4O. The molecule has 140 valence electrons. The van der Waals surface area contributed by atoms with Crippen molar-refractivity contribution in [3.05, 3.63) is 47.2 Å². The fourth-order valence-electron chi connectivity index (χ4n) is 2.70. The number of nitrogens with one attached hydrogen (secondary N) is 2. The molecule has 1 atom stereocenters. The summed E-state index contributed by atoms with van der Waals surface area (Å²) in [6, 6.07) is 5.16. The maximum absolute atomic E-state index is 13.3. The summed E-state index contributed by atoms with van der Waals surface area (Å²) in [6.45, 7) is 4.26. The zero-order valence-electron chi connectivity index (χ0n) is 15.0. The van der Waals surface area contributed by atoms with Crippen LogP contribution < -0.4 is 10.6 Å². The first-order valence-corrected chi connectivity index (χ1v) is 8.90. The number of nitrogens with zero attached hydrogens (tertiary/aromatic N) is 2. The van der Waals surface area contributed by atoms with Gasteiger partial charge in [0.2, 0.25) is 5.95 Å². The van der Waals surface area contributed by atoms with Crippen LogP contribution in [0.2, 0.25) is 0 Å². The second kappa shape index (κ2) is 7.95. The minimum atomic E-state index is -0.603. The number of halogens is 2. The predicted octanol–water partition coefficient (Wildman–Crippen LogP) is 3.67. The summed E-state index contributed by atoms with van der Waals surface area (Å²) in [6.07, 6.45) is 2.19. The number of aliphatic hydroxyl groups is 1. The van der Waals surface area contributed by atoms with E-state index in [1.165, 1.54) is 12.1 Å². The van der Waals surface area contributed by atoms with Gasteiger partial charge in [-0.3, -0.25) is 0 Å². The average molecular weight is 362 g/mol. The van der Waals surface area contributed by atoms with Gasteiger partial charge < -0.3 is 15.7 Å². The van der Waals surface area contributed by atoms with E-state index >= 15 is 0 Å². The first-order chi connectivity index (χ1) is 12.4. The van der Waals surface area contributed by atoms with E-state index < -0.39 is 11.6 Å². The molecule has 5 nitrogen and oxygen atoms in total. The summed E-state index contributed by atoms with van der Waals surface area (Å²) in [5.41, 5.74) is 1.44. The van der Waals surface area contributed by atoms with Crippen LogP contribution in [0.3, 0.4) is 0 Å². The molecule has 26 heavy (non-hydrogen) atoms. The smallest absolute Gasteiger partial charge is 0.225 e. The van der Waals surface area contributed by atoms with Crippen molar-refractivity contribution in [3.63, 3.8) is 0 Å². The standard InChI is InChI=1S/C19H24F2N4O/c1-11(2)17(10-26)24-19-23-16(13-3-4-13)8-18(25-19)22-9-12-5-14(20)7-15(21)6-12/h5-8,11,13,17,26H,3-4,9-10H2,1-2H3,(H2,22,23,24,25)/t17-/m1/s1. The molecule has 1 aromatic heterocycles. The summed E-state index contributed by atoms with van der Waals surface area (Å²) < 4.78 is 26.7. The molecule has 0 radical (unpaired) electrons. The lowest BCUT2D eigenvalue weighted by Gasteiger charge is -2.20. The lowest BCUT2D eigenvalue weighted by atomic mass is 10.1. The van der Waals surface area contributed by atoms with Gasteiger partial charge in [-0.05, 0) is 36.5 Å². The molecule has 1 aliphatic rings. The minimum Gasteiger partial charge on any atom is -0.394 e. The van der Waals surface area contributed by atoms with Gasteiger partial charge in [-0.1, -0.05) is 13.8 Å². The van der Waals surface area contributed by atoms with Crippen molar-refractivity contribution in [1.29, 1.82) is 0 Å². The Morgan fingerprint density at radius 2 is 1.81 bits per heavy atom. The molecule has 0 spiro atoms. The van der Waals surface area contributed by atoms with Crippen LogP contribution in [0.5, 0.6) is 0 Å². The molecule has 0 saturated heterocycles. The molecule has 3 N–H and O–H groups in total. The van der Waals surface area contributed by atoms with Crippen molar-refractivity contribution in [3.8, 4) is 0 Å². The number of hydrogen-bond donors (Lipinski definition) is 3. The number of rotatable bonds is 8. The Labute approximate surface area is 151 Å². The molecule has 0 aliphatic heterocycles. The molecule has 0 bridgehead atoms. The van der Waals surface area contributed by atoms with Gasteiger partial charge in [0.15, 0.2) is 0 Å². The Bertz CT molecular complexity index is 745.